The zero-order valence-corrected chi connectivity index (χ0v) is 14.5. The van der Waals surface area contributed by atoms with E-state index >= 15 is 0 Å². The molecule has 0 aromatic carbocycles. The number of sulfone groups is 1. The predicted octanol–water partition coefficient (Wildman–Crippen LogP) is 0.158. The number of hydrogen-bond acceptors (Lipinski definition) is 4. The Morgan fingerprint density at radius 2 is 2.04 bits per heavy atom. The zero-order chi connectivity index (χ0) is 17.2. The molecule has 128 valence electrons. The van der Waals surface area contributed by atoms with Crippen LogP contribution in [0.2, 0.25) is 0 Å². The zero-order valence-electron chi connectivity index (χ0n) is 13.7. The lowest BCUT2D eigenvalue weighted by Crippen LogP contribution is -2.42. The van der Waals surface area contributed by atoms with E-state index in [-0.39, 0.29) is 35.9 Å². The molecule has 1 fully saturated rings. The van der Waals surface area contributed by atoms with Gasteiger partial charge in [0.05, 0.1) is 23.6 Å². The van der Waals surface area contributed by atoms with Crippen LogP contribution in [0.4, 0.5) is 0 Å². The fraction of sp³-hybridized carbons (Fsp3) is 0.600. The molecule has 1 aliphatic heterocycles. The SMILES string of the molecule is CCn1c(C)cc(C(=O)NCC(=O)N[C@H]2CCS(=O)(=O)C2)c1C. The van der Waals surface area contributed by atoms with Crippen molar-refractivity contribution in [2.75, 3.05) is 18.1 Å². The second-order valence-corrected chi connectivity index (χ2v) is 8.11. The van der Waals surface area contributed by atoms with Gasteiger partial charge in [-0.1, -0.05) is 0 Å². The molecule has 0 saturated carbocycles. The van der Waals surface area contributed by atoms with Gasteiger partial charge >= 0.3 is 0 Å². The van der Waals surface area contributed by atoms with Gasteiger partial charge in [-0.3, -0.25) is 9.59 Å². The number of rotatable bonds is 5. The van der Waals surface area contributed by atoms with Crippen LogP contribution in [0.1, 0.15) is 35.1 Å². The van der Waals surface area contributed by atoms with Gasteiger partial charge in [0, 0.05) is 24.0 Å². The van der Waals surface area contributed by atoms with Crippen LogP contribution in [0.25, 0.3) is 0 Å². The number of hydrogen-bond donors (Lipinski definition) is 2. The van der Waals surface area contributed by atoms with Crippen LogP contribution in [0.5, 0.6) is 0 Å². The van der Waals surface area contributed by atoms with Crippen LogP contribution in [0.3, 0.4) is 0 Å². The van der Waals surface area contributed by atoms with Crippen LogP contribution in [-0.2, 0) is 21.2 Å². The van der Waals surface area contributed by atoms with Crippen LogP contribution < -0.4 is 10.6 Å². The highest BCUT2D eigenvalue weighted by Crippen LogP contribution is 2.14. The van der Waals surface area contributed by atoms with Gasteiger partial charge in [-0.05, 0) is 33.3 Å². The Balaban J connectivity index is 1.88. The van der Waals surface area contributed by atoms with Gasteiger partial charge in [0.1, 0.15) is 0 Å². The van der Waals surface area contributed by atoms with E-state index in [0.717, 1.165) is 17.9 Å². The van der Waals surface area contributed by atoms with Crippen LogP contribution >= 0.6 is 0 Å². The Labute approximate surface area is 136 Å². The number of nitrogens with zero attached hydrogens (tertiary/aromatic N) is 1. The summed E-state index contributed by atoms with van der Waals surface area (Å²) in [5.41, 5.74) is 2.42. The van der Waals surface area contributed by atoms with Crippen molar-refractivity contribution in [3.05, 3.63) is 23.0 Å². The molecule has 2 N–H and O–H groups in total. The summed E-state index contributed by atoms with van der Waals surface area (Å²) in [7, 11) is -3.03. The van der Waals surface area contributed by atoms with E-state index < -0.39 is 9.84 Å². The lowest BCUT2D eigenvalue weighted by atomic mass is 10.2. The highest BCUT2D eigenvalue weighted by Gasteiger charge is 2.28. The molecule has 1 aromatic heterocycles. The molecule has 1 aromatic rings. The van der Waals surface area contributed by atoms with E-state index in [9.17, 15) is 18.0 Å². The number of aromatic nitrogens is 1. The maximum Gasteiger partial charge on any atom is 0.253 e. The molecular weight excluding hydrogens is 318 g/mol. The summed E-state index contributed by atoms with van der Waals surface area (Å²) < 4.78 is 24.7. The normalized spacial score (nSPS) is 19.5. The summed E-state index contributed by atoms with van der Waals surface area (Å²) in [4.78, 5) is 24.0. The number of amides is 2. The summed E-state index contributed by atoms with van der Waals surface area (Å²) in [5.74, 6) is -0.589. The number of aryl methyl sites for hydroxylation is 1. The molecule has 2 heterocycles. The van der Waals surface area contributed by atoms with Gasteiger partial charge in [-0.25, -0.2) is 8.42 Å². The standard InChI is InChI=1S/C15H23N3O4S/c1-4-18-10(2)7-13(11(18)3)15(20)16-8-14(19)17-12-5-6-23(21,22)9-12/h7,12H,4-6,8-9H2,1-3H3,(H,16,20)(H,17,19)/t12-/m0/s1. The fourth-order valence-electron chi connectivity index (χ4n) is 2.96. The predicted molar refractivity (Wildman–Crippen MR) is 87.1 cm³/mol. The van der Waals surface area contributed by atoms with Crippen LogP contribution in [0, 0.1) is 13.8 Å². The van der Waals surface area contributed by atoms with E-state index in [4.69, 9.17) is 0 Å². The molecule has 0 spiro atoms. The Kier molecular flexibility index (Phi) is 5.13. The Morgan fingerprint density at radius 3 is 2.57 bits per heavy atom. The quantitative estimate of drug-likeness (QED) is 0.797. The van der Waals surface area contributed by atoms with Crippen LogP contribution in [-0.4, -0.2) is 48.9 Å². The monoisotopic (exact) mass is 341 g/mol. The largest absolute Gasteiger partial charge is 0.351 e. The molecule has 7 nitrogen and oxygen atoms in total. The number of carbonyl (C=O) groups is 2. The van der Waals surface area contributed by atoms with Crippen molar-refractivity contribution >= 4 is 21.7 Å². The fourth-order valence-corrected chi connectivity index (χ4v) is 4.63. The van der Waals surface area contributed by atoms with Crippen molar-refractivity contribution in [3.63, 3.8) is 0 Å². The highest BCUT2D eigenvalue weighted by atomic mass is 32.2. The smallest absolute Gasteiger partial charge is 0.253 e. The summed E-state index contributed by atoms with van der Waals surface area (Å²) in [6, 6.07) is 1.45. The third-order valence-corrected chi connectivity index (χ3v) is 5.91. The van der Waals surface area contributed by atoms with Gasteiger partial charge < -0.3 is 15.2 Å². The average molecular weight is 341 g/mol. The molecule has 1 atom stereocenters. The van der Waals surface area contributed by atoms with Crippen molar-refractivity contribution in [1.29, 1.82) is 0 Å². The first-order chi connectivity index (χ1) is 10.7. The third-order valence-electron chi connectivity index (χ3n) is 4.14. The minimum atomic E-state index is -3.03. The molecule has 0 bridgehead atoms. The molecule has 23 heavy (non-hydrogen) atoms. The Hall–Kier alpha value is -1.83. The van der Waals surface area contributed by atoms with E-state index in [2.05, 4.69) is 10.6 Å². The molecule has 2 amide bonds. The van der Waals surface area contributed by atoms with Crippen molar-refractivity contribution < 1.29 is 18.0 Å². The van der Waals surface area contributed by atoms with Gasteiger partial charge in [-0.15, -0.1) is 0 Å². The van der Waals surface area contributed by atoms with E-state index in [1.165, 1.54) is 0 Å². The molecule has 0 aliphatic carbocycles. The van der Waals surface area contributed by atoms with Gasteiger partial charge in [-0.2, -0.15) is 0 Å². The summed E-state index contributed by atoms with van der Waals surface area (Å²) >= 11 is 0. The number of carbonyl (C=O) groups excluding carboxylic acids is 2. The molecular formula is C15H23N3O4S. The second kappa shape index (κ2) is 6.74. The third kappa shape index (κ3) is 4.13. The van der Waals surface area contributed by atoms with Crippen molar-refractivity contribution in [2.24, 2.45) is 0 Å². The van der Waals surface area contributed by atoms with E-state index in [0.29, 0.717) is 12.0 Å². The molecule has 8 heteroatoms. The number of nitrogens with one attached hydrogen (secondary N) is 2. The Morgan fingerprint density at radius 1 is 1.35 bits per heavy atom. The second-order valence-electron chi connectivity index (χ2n) is 5.88. The molecule has 0 radical (unpaired) electrons. The summed E-state index contributed by atoms with van der Waals surface area (Å²) in [5, 5.41) is 5.23. The molecule has 1 saturated heterocycles. The lowest BCUT2D eigenvalue weighted by Gasteiger charge is -2.11. The first-order valence-electron chi connectivity index (χ1n) is 7.68. The lowest BCUT2D eigenvalue weighted by molar-refractivity contribution is -0.120. The minimum Gasteiger partial charge on any atom is -0.351 e. The van der Waals surface area contributed by atoms with E-state index in [1.807, 2.05) is 25.3 Å². The molecule has 2 rings (SSSR count). The van der Waals surface area contributed by atoms with Gasteiger partial charge in [0.25, 0.3) is 5.91 Å². The Bertz CT molecular complexity index is 721. The molecule has 1 aliphatic rings. The van der Waals surface area contributed by atoms with Gasteiger partial charge in [0.2, 0.25) is 5.91 Å². The first kappa shape index (κ1) is 17.5. The average Bonchev–Trinajstić information content (AvgIpc) is 2.95. The summed E-state index contributed by atoms with van der Waals surface area (Å²) in [6.07, 6.45) is 0.430. The van der Waals surface area contributed by atoms with Gasteiger partial charge in [0.15, 0.2) is 9.84 Å². The summed E-state index contributed by atoms with van der Waals surface area (Å²) in [6.45, 7) is 6.42. The highest BCUT2D eigenvalue weighted by molar-refractivity contribution is 7.91. The van der Waals surface area contributed by atoms with Crippen molar-refractivity contribution in [2.45, 2.75) is 39.8 Å². The topological polar surface area (TPSA) is 97.3 Å². The maximum absolute atomic E-state index is 12.2. The first-order valence-corrected chi connectivity index (χ1v) is 9.50. The van der Waals surface area contributed by atoms with E-state index in [1.54, 1.807) is 6.07 Å². The minimum absolute atomic E-state index is 0.0235. The maximum atomic E-state index is 12.2. The van der Waals surface area contributed by atoms with Crippen LogP contribution in [0.15, 0.2) is 6.07 Å². The van der Waals surface area contributed by atoms with Crippen molar-refractivity contribution in [3.8, 4) is 0 Å². The van der Waals surface area contributed by atoms with Crippen molar-refractivity contribution in [1.82, 2.24) is 15.2 Å². The molecule has 0 unspecified atom stereocenters.